The van der Waals surface area contributed by atoms with Crippen LogP contribution < -0.4 is 0 Å². The number of ketones is 1. The molecular weight excluding hydrogens is 256 g/mol. The lowest BCUT2D eigenvalue weighted by Gasteiger charge is -2.36. The number of hydrogen-bond donors (Lipinski definition) is 0. The molecular formula is C20H20O. The average Bonchev–Trinajstić information content (AvgIpc) is 2.53. The normalized spacial score (nSPS) is 24.2. The van der Waals surface area contributed by atoms with E-state index in [4.69, 9.17) is 0 Å². The van der Waals surface area contributed by atoms with Crippen molar-refractivity contribution in [2.75, 3.05) is 0 Å². The number of rotatable bonds is 2. The molecule has 0 bridgehead atoms. The molecule has 0 aromatic heterocycles. The zero-order valence-corrected chi connectivity index (χ0v) is 12.4. The minimum Gasteiger partial charge on any atom is -0.295 e. The smallest absolute Gasteiger partial charge is 0.159 e. The van der Waals surface area contributed by atoms with Crippen molar-refractivity contribution in [3.05, 3.63) is 77.4 Å². The van der Waals surface area contributed by atoms with E-state index in [1.165, 1.54) is 5.56 Å². The van der Waals surface area contributed by atoms with Gasteiger partial charge in [-0.3, -0.25) is 4.79 Å². The first kappa shape index (κ1) is 13.8. The molecule has 0 amide bonds. The number of hydrogen-bond acceptors (Lipinski definition) is 1. The zero-order valence-electron chi connectivity index (χ0n) is 12.4. The maximum Gasteiger partial charge on any atom is 0.159 e. The van der Waals surface area contributed by atoms with Crippen molar-refractivity contribution >= 4 is 11.9 Å². The predicted octanol–water partition coefficient (Wildman–Crippen LogP) is 4.78. The van der Waals surface area contributed by atoms with Crippen LogP contribution in [0.4, 0.5) is 0 Å². The number of benzene rings is 2. The minimum atomic E-state index is -0.174. The van der Waals surface area contributed by atoms with Crippen LogP contribution in [0.3, 0.4) is 0 Å². The maximum absolute atomic E-state index is 12.5. The summed E-state index contributed by atoms with van der Waals surface area (Å²) in [5, 5.41) is 0. The van der Waals surface area contributed by atoms with Gasteiger partial charge in [-0.15, -0.1) is 0 Å². The lowest BCUT2D eigenvalue weighted by Crippen LogP contribution is -2.33. The molecule has 0 saturated heterocycles. The third-order valence-corrected chi connectivity index (χ3v) is 4.50. The molecule has 1 atom stereocenters. The Morgan fingerprint density at radius 3 is 2.24 bits per heavy atom. The van der Waals surface area contributed by atoms with Crippen LogP contribution in [0.2, 0.25) is 0 Å². The van der Waals surface area contributed by atoms with Gasteiger partial charge >= 0.3 is 0 Å². The van der Waals surface area contributed by atoms with Gasteiger partial charge in [0.2, 0.25) is 0 Å². The van der Waals surface area contributed by atoms with Gasteiger partial charge in [-0.1, -0.05) is 67.6 Å². The highest BCUT2D eigenvalue weighted by atomic mass is 16.1. The SMILES string of the molecule is CC1(c2ccccc2)CCCC(=O)C1=Cc1ccccc1. The Hall–Kier alpha value is -2.15. The third kappa shape index (κ3) is 2.69. The highest BCUT2D eigenvalue weighted by molar-refractivity contribution is 6.02. The molecule has 0 aliphatic heterocycles. The molecule has 2 aromatic rings. The summed E-state index contributed by atoms with van der Waals surface area (Å²) >= 11 is 0. The largest absolute Gasteiger partial charge is 0.295 e. The van der Waals surface area contributed by atoms with E-state index < -0.39 is 0 Å². The lowest BCUT2D eigenvalue weighted by molar-refractivity contribution is -0.117. The summed E-state index contributed by atoms with van der Waals surface area (Å²) in [5.74, 6) is 0.288. The molecule has 1 heteroatoms. The van der Waals surface area contributed by atoms with Gasteiger partial charge in [-0.25, -0.2) is 0 Å². The predicted molar refractivity (Wildman–Crippen MR) is 87.1 cm³/mol. The highest BCUT2D eigenvalue weighted by Crippen LogP contribution is 2.42. The van der Waals surface area contributed by atoms with Crippen LogP contribution >= 0.6 is 0 Å². The van der Waals surface area contributed by atoms with Crippen molar-refractivity contribution in [1.82, 2.24) is 0 Å². The number of allylic oxidation sites excluding steroid dienone is 1. The van der Waals surface area contributed by atoms with E-state index in [1.807, 2.05) is 24.3 Å². The van der Waals surface area contributed by atoms with E-state index in [1.54, 1.807) is 0 Å². The number of Topliss-reactive ketones (excluding diaryl/α,β-unsaturated/α-hetero) is 1. The van der Waals surface area contributed by atoms with Gasteiger partial charge in [0.05, 0.1) is 0 Å². The summed E-state index contributed by atoms with van der Waals surface area (Å²) in [4.78, 5) is 12.5. The van der Waals surface area contributed by atoms with Crippen molar-refractivity contribution in [2.45, 2.75) is 31.6 Å². The Balaban J connectivity index is 2.09. The van der Waals surface area contributed by atoms with Crippen molar-refractivity contribution in [3.63, 3.8) is 0 Å². The molecule has 106 valence electrons. The van der Waals surface area contributed by atoms with Crippen molar-refractivity contribution < 1.29 is 4.79 Å². The lowest BCUT2D eigenvalue weighted by atomic mass is 9.66. The van der Waals surface area contributed by atoms with Crippen LogP contribution in [0.25, 0.3) is 6.08 Å². The van der Waals surface area contributed by atoms with Crippen molar-refractivity contribution in [1.29, 1.82) is 0 Å². The van der Waals surface area contributed by atoms with E-state index in [0.29, 0.717) is 6.42 Å². The minimum absolute atomic E-state index is 0.174. The van der Waals surface area contributed by atoms with Gasteiger partial charge in [0.1, 0.15) is 0 Å². The molecule has 3 rings (SSSR count). The number of carbonyl (C=O) groups is 1. The van der Waals surface area contributed by atoms with Gasteiger partial charge < -0.3 is 0 Å². The Labute approximate surface area is 126 Å². The van der Waals surface area contributed by atoms with E-state index in [0.717, 1.165) is 24.0 Å². The third-order valence-electron chi connectivity index (χ3n) is 4.50. The van der Waals surface area contributed by atoms with Crippen molar-refractivity contribution in [2.24, 2.45) is 0 Å². The Bertz CT molecular complexity index is 655. The first-order valence-electron chi connectivity index (χ1n) is 7.56. The van der Waals surface area contributed by atoms with Crippen LogP contribution in [-0.4, -0.2) is 5.78 Å². The second-order valence-corrected chi connectivity index (χ2v) is 5.94. The topological polar surface area (TPSA) is 17.1 Å². The molecule has 1 aliphatic carbocycles. The molecule has 1 saturated carbocycles. The molecule has 1 unspecified atom stereocenters. The van der Waals surface area contributed by atoms with E-state index in [-0.39, 0.29) is 11.2 Å². The van der Waals surface area contributed by atoms with Gasteiger partial charge in [0, 0.05) is 17.4 Å². The highest BCUT2D eigenvalue weighted by Gasteiger charge is 2.37. The van der Waals surface area contributed by atoms with Gasteiger partial charge in [0.15, 0.2) is 5.78 Å². The number of carbonyl (C=O) groups excluding carboxylic acids is 1. The standard InChI is InChI=1S/C20H20O/c1-20(17-11-6-3-7-12-17)14-8-13-19(21)18(20)15-16-9-4-2-5-10-16/h2-7,9-12,15H,8,13-14H2,1H3. The van der Waals surface area contributed by atoms with Crippen LogP contribution in [0.15, 0.2) is 66.2 Å². The summed E-state index contributed by atoms with van der Waals surface area (Å²) in [7, 11) is 0. The van der Waals surface area contributed by atoms with E-state index in [2.05, 4.69) is 49.4 Å². The maximum atomic E-state index is 12.5. The first-order valence-corrected chi connectivity index (χ1v) is 7.56. The summed E-state index contributed by atoms with van der Waals surface area (Å²) in [6.07, 6.45) is 4.74. The Morgan fingerprint density at radius 2 is 1.57 bits per heavy atom. The van der Waals surface area contributed by atoms with E-state index in [9.17, 15) is 4.79 Å². The molecule has 0 spiro atoms. The molecule has 1 fully saturated rings. The second kappa shape index (κ2) is 5.69. The van der Waals surface area contributed by atoms with E-state index >= 15 is 0 Å². The van der Waals surface area contributed by atoms with Crippen LogP contribution in [0, 0.1) is 0 Å². The quantitative estimate of drug-likeness (QED) is 0.721. The summed E-state index contributed by atoms with van der Waals surface area (Å²) in [6.45, 7) is 2.20. The fourth-order valence-corrected chi connectivity index (χ4v) is 3.24. The van der Waals surface area contributed by atoms with Crippen LogP contribution in [0.1, 0.15) is 37.3 Å². The molecule has 1 aliphatic rings. The summed E-state index contributed by atoms with van der Waals surface area (Å²) in [5.41, 5.74) is 3.11. The molecule has 0 radical (unpaired) electrons. The molecule has 0 heterocycles. The Morgan fingerprint density at radius 1 is 0.952 bits per heavy atom. The molecule has 2 aromatic carbocycles. The molecule has 1 nitrogen and oxygen atoms in total. The monoisotopic (exact) mass is 276 g/mol. The van der Waals surface area contributed by atoms with Crippen molar-refractivity contribution in [3.8, 4) is 0 Å². The zero-order chi connectivity index (χ0) is 14.7. The first-order chi connectivity index (χ1) is 10.2. The summed E-state index contributed by atoms with van der Waals surface area (Å²) < 4.78 is 0. The Kier molecular flexibility index (Phi) is 3.74. The fraction of sp³-hybridized carbons (Fsp3) is 0.250. The van der Waals surface area contributed by atoms with Crippen LogP contribution in [0.5, 0.6) is 0 Å². The molecule has 21 heavy (non-hydrogen) atoms. The van der Waals surface area contributed by atoms with Crippen LogP contribution in [-0.2, 0) is 10.2 Å². The fourth-order valence-electron chi connectivity index (χ4n) is 3.24. The summed E-state index contributed by atoms with van der Waals surface area (Å²) in [6, 6.07) is 20.5. The van der Waals surface area contributed by atoms with Gasteiger partial charge in [0.25, 0.3) is 0 Å². The van der Waals surface area contributed by atoms with Gasteiger partial charge in [-0.2, -0.15) is 0 Å². The molecule has 0 N–H and O–H groups in total. The second-order valence-electron chi connectivity index (χ2n) is 5.94. The average molecular weight is 276 g/mol. The van der Waals surface area contributed by atoms with Gasteiger partial charge in [-0.05, 0) is 30.0 Å².